The van der Waals surface area contributed by atoms with Crippen LogP contribution in [0.3, 0.4) is 0 Å². The van der Waals surface area contributed by atoms with Gasteiger partial charge in [0.1, 0.15) is 5.75 Å². The first kappa shape index (κ1) is 13.9. The average molecular weight is 263 g/mol. The zero-order chi connectivity index (χ0) is 13.7. The van der Waals surface area contributed by atoms with Crippen molar-refractivity contribution in [1.29, 1.82) is 0 Å². The minimum Gasteiger partial charge on any atom is -0.494 e. The van der Waals surface area contributed by atoms with Crippen molar-refractivity contribution in [3.8, 4) is 5.75 Å². The third-order valence-corrected chi connectivity index (χ3v) is 3.48. The fourth-order valence-electron chi connectivity index (χ4n) is 2.44. The van der Waals surface area contributed by atoms with Gasteiger partial charge in [0.15, 0.2) is 0 Å². The topological polar surface area (TPSA) is 49.8 Å². The highest BCUT2D eigenvalue weighted by molar-refractivity contribution is 5.94. The second-order valence-corrected chi connectivity index (χ2v) is 4.90. The van der Waals surface area contributed by atoms with E-state index in [0.29, 0.717) is 18.7 Å². The smallest absolute Gasteiger partial charge is 0.253 e. The van der Waals surface area contributed by atoms with Crippen LogP contribution in [-0.4, -0.2) is 42.2 Å². The van der Waals surface area contributed by atoms with Crippen LogP contribution in [0.4, 0.5) is 0 Å². The molecule has 0 aromatic heterocycles. The number of hydrogen-bond acceptors (Lipinski definition) is 3. The summed E-state index contributed by atoms with van der Waals surface area (Å²) < 4.78 is 5.36. The molecule has 1 amide bonds. The van der Waals surface area contributed by atoms with Crippen LogP contribution in [-0.2, 0) is 0 Å². The Morgan fingerprint density at radius 3 is 2.79 bits per heavy atom. The van der Waals surface area contributed by atoms with E-state index in [1.165, 1.54) is 0 Å². The van der Waals surface area contributed by atoms with Crippen molar-refractivity contribution in [2.75, 3.05) is 26.3 Å². The summed E-state index contributed by atoms with van der Waals surface area (Å²) in [5.74, 6) is 1.05. The molecule has 0 bridgehead atoms. The summed E-state index contributed by atoms with van der Waals surface area (Å²) in [6, 6.07) is 7.25. The zero-order valence-corrected chi connectivity index (χ0v) is 11.3. The number of rotatable bonds is 4. The molecule has 1 aromatic rings. The molecule has 104 valence electrons. The van der Waals surface area contributed by atoms with E-state index in [2.05, 4.69) is 0 Å². The Balaban J connectivity index is 2.02. The number of carbonyl (C=O) groups is 1. The predicted molar refractivity (Wildman–Crippen MR) is 73.3 cm³/mol. The van der Waals surface area contributed by atoms with E-state index in [-0.39, 0.29) is 18.4 Å². The van der Waals surface area contributed by atoms with Crippen LogP contribution in [0, 0.1) is 5.92 Å². The van der Waals surface area contributed by atoms with E-state index in [9.17, 15) is 9.90 Å². The van der Waals surface area contributed by atoms with Gasteiger partial charge in [-0.15, -0.1) is 0 Å². The molecule has 1 unspecified atom stereocenters. The van der Waals surface area contributed by atoms with Crippen molar-refractivity contribution in [1.82, 2.24) is 4.90 Å². The van der Waals surface area contributed by atoms with Gasteiger partial charge in [-0.05, 0) is 49.9 Å². The van der Waals surface area contributed by atoms with E-state index < -0.39 is 0 Å². The second kappa shape index (κ2) is 6.57. The molecule has 1 atom stereocenters. The van der Waals surface area contributed by atoms with E-state index in [1.54, 1.807) is 12.1 Å². The number of amides is 1. The highest BCUT2D eigenvalue weighted by Crippen LogP contribution is 2.19. The summed E-state index contributed by atoms with van der Waals surface area (Å²) in [5, 5.41) is 9.20. The number of benzene rings is 1. The van der Waals surface area contributed by atoms with E-state index in [0.717, 1.165) is 25.1 Å². The first-order valence-corrected chi connectivity index (χ1v) is 6.87. The Morgan fingerprint density at radius 2 is 2.16 bits per heavy atom. The lowest BCUT2D eigenvalue weighted by Gasteiger charge is -2.31. The summed E-state index contributed by atoms with van der Waals surface area (Å²) in [5.41, 5.74) is 0.682. The van der Waals surface area contributed by atoms with Crippen LogP contribution in [0.2, 0.25) is 0 Å². The fraction of sp³-hybridized carbons (Fsp3) is 0.533. The molecule has 1 heterocycles. The van der Waals surface area contributed by atoms with Crippen LogP contribution in [0.25, 0.3) is 0 Å². The Kier molecular flexibility index (Phi) is 4.80. The van der Waals surface area contributed by atoms with Crippen LogP contribution < -0.4 is 4.74 Å². The van der Waals surface area contributed by atoms with Gasteiger partial charge in [0.05, 0.1) is 6.61 Å². The highest BCUT2D eigenvalue weighted by Gasteiger charge is 2.23. The molecule has 1 aliphatic heterocycles. The lowest BCUT2D eigenvalue weighted by Crippen LogP contribution is -2.40. The van der Waals surface area contributed by atoms with Crippen molar-refractivity contribution in [2.24, 2.45) is 5.92 Å². The van der Waals surface area contributed by atoms with Crippen molar-refractivity contribution < 1.29 is 14.6 Å². The third kappa shape index (κ3) is 3.47. The maximum absolute atomic E-state index is 12.3. The molecule has 1 aliphatic rings. The number of ether oxygens (including phenoxy) is 1. The number of likely N-dealkylation sites (tertiary alicyclic amines) is 1. The molecule has 19 heavy (non-hydrogen) atoms. The number of aliphatic hydroxyl groups excluding tert-OH is 1. The molecule has 4 heteroatoms. The minimum absolute atomic E-state index is 0.0428. The Hall–Kier alpha value is -1.55. The molecular formula is C15H21NO3. The van der Waals surface area contributed by atoms with Crippen LogP contribution in [0.1, 0.15) is 30.1 Å². The lowest BCUT2D eigenvalue weighted by molar-refractivity contribution is 0.0620. The normalized spacial score (nSPS) is 19.3. The second-order valence-electron chi connectivity index (χ2n) is 4.90. The molecule has 0 aliphatic carbocycles. The van der Waals surface area contributed by atoms with Crippen molar-refractivity contribution in [3.05, 3.63) is 29.8 Å². The zero-order valence-electron chi connectivity index (χ0n) is 11.3. The molecule has 1 saturated heterocycles. The molecule has 0 saturated carbocycles. The molecule has 1 N–H and O–H groups in total. The Labute approximate surface area is 114 Å². The van der Waals surface area contributed by atoms with E-state index in [1.807, 2.05) is 24.0 Å². The van der Waals surface area contributed by atoms with Crippen molar-refractivity contribution in [2.45, 2.75) is 19.8 Å². The fourth-order valence-corrected chi connectivity index (χ4v) is 2.44. The average Bonchev–Trinajstić information content (AvgIpc) is 2.48. The summed E-state index contributed by atoms with van der Waals surface area (Å²) in [6.45, 7) is 4.15. The Morgan fingerprint density at radius 1 is 1.42 bits per heavy atom. The maximum atomic E-state index is 12.3. The monoisotopic (exact) mass is 263 g/mol. The third-order valence-electron chi connectivity index (χ3n) is 3.48. The van der Waals surface area contributed by atoms with Crippen LogP contribution in [0.5, 0.6) is 5.75 Å². The van der Waals surface area contributed by atoms with Gasteiger partial charge in [0, 0.05) is 25.3 Å². The SMILES string of the molecule is CCOc1ccc(C(=O)N2CCCC(CO)C2)cc1. The quantitative estimate of drug-likeness (QED) is 0.903. The molecule has 2 rings (SSSR count). The van der Waals surface area contributed by atoms with Gasteiger partial charge in [-0.1, -0.05) is 0 Å². The van der Waals surface area contributed by atoms with Gasteiger partial charge in [0.2, 0.25) is 0 Å². The van der Waals surface area contributed by atoms with Crippen LogP contribution >= 0.6 is 0 Å². The number of carbonyl (C=O) groups excluding carboxylic acids is 1. The first-order chi connectivity index (χ1) is 9.24. The van der Waals surface area contributed by atoms with Crippen LogP contribution in [0.15, 0.2) is 24.3 Å². The van der Waals surface area contributed by atoms with Crippen molar-refractivity contribution in [3.63, 3.8) is 0 Å². The lowest BCUT2D eigenvalue weighted by atomic mass is 9.98. The van der Waals surface area contributed by atoms with Gasteiger partial charge in [-0.2, -0.15) is 0 Å². The molecule has 4 nitrogen and oxygen atoms in total. The minimum atomic E-state index is 0.0428. The van der Waals surface area contributed by atoms with Crippen molar-refractivity contribution >= 4 is 5.91 Å². The van der Waals surface area contributed by atoms with Gasteiger partial charge >= 0.3 is 0 Å². The van der Waals surface area contributed by atoms with E-state index in [4.69, 9.17) is 4.74 Å². The largest absolute Gasteiger partial charge is 0.494 e. The number of nitrogens with zero attached hydrogens (tertiary/aromatic N) is 1. The standard InChI is InChI=1S/C15H21NO3/c1-2-19-14-7-5-13(6-8-14)15(18)16-9-3-4-12(10-16)11-17/h5-8,12,17H,2-4,9-11H2,1H3. The summed E-state index contributed by atoms with van der Waals surface area (Å²) in [7, 11) is 0. The number of aliphatic hydroxyl groups is 1. The Bertz CT molecular complexity index is 416. The van der Waals surface area contributed by atoms with Gasteiger partial charge in [0.25, 0.3) is 5.91 Å². The highest BCUT2D eigenvalue weighted by atomic mass is 16.5. The molecule has 0 spiro atoms. The summed E-state index contributed by atoms with van der Waals surface area (Å²) in [6.07, 6.45) is 1.97. The first-order valence-electron chi connectivity index (χ1n) is 6.87. The molecule has 1 fully saturated rings. The number of hydrogen-bond donors (Lipinski definition) is 1. The summed E-state index contributed by atoms with van der Waals surface area (Å²) >= 11 is 0. The molecular weight excluding hydrogens is 242 g/mol. The van der Waals surface area contributed by atoms with Gasteiger partial charge in [-0.25, -0.2) is 0 Å². The van der Waals surface area contributed by atoms with Gasteiger partial charge < -0.3 is 14.7 Å². The number of piperidine rings is 1. The predicted octanol–water partition coefficient (Wildman–Crippen LogP) is 1.93. The molecule has 1 aromatic carbocycles. The summed E-state index contributed by atoms with van der Waals surface area (Å²) in [4.78, 5) is 14.2. The van der Waals surface area contributed by atoms with E-state index >= 15 is 0 Å². The van der Waals surface area contributed by atoms with Gasteiger partial charge in [-0.3, -0.25) is 4.79 Å². The maximum Gasteiger partial charge on any atom is 0.253 e. The molecule has 0 radical (unpaired) electrons.